The predicted molar refractivity (Wildman–Crippen MR) is 49.7 cm³/mol. The summed E-state index contributed by atoms with van der Waals surface area (Å²) in [4.78, 5) is 2.32. The van der Waals surface area contributed by atoms with Crippen LogP contribution in [0.5, 0.6) is 0 Å². The molecule has 0 aromatic carbocycles. The van der Waals surface area contributed by atoms with E-state index in [-0.39, 0.29) is 0 Å². The van der Waals surface area contributed by atoms with Gasteiger partial charge in [-0.2, -0.15) is 0 Å². The molecule has 0 saturated heterocycles. The topological polar surface area (TPSA) is 3.24 Å². The molecule has 1 nitrogen and oxygen atoms in total. The summed E-state index contributed by atoms with van der Waals surface area (Å²) in [6, 6.07) is 0. The first-order chi connectivity index (χ1) is 4.87. The van der Waals surface area contributed by atoms with E-state index in [2.05, 4.69) is 39.8 Å². The zero-order chi connectivity index (χ0) is 8.70. The summed E-state index contributed by atoms with van der Waals surface area (Å²) >= 11 is 0. The van der Waals surface area contributed by atoms with Gasteiger partial charge in [-0.1, -0.05) is 20.8 Å². The van der Waals surface area contributed by atoms with Gasteiger partial charge in [0.2, 0.25) is 0 Å². The van der Waals surface area contributed by atoms with Gasteiger partial charge in [-0.15, -0.1) is 0 Å². The molecule has 0 aliphatic heterocycles. The van der Waals surface area contributed by atoms with Crippen LogP contribution in [0.3, 0.4) is 0 Å². The molecule has 0 radical (unpaired) electrons. The molecule has 1 fully saturated rings. The van der Waals surface area contributed by atoms with Crippen LogP contribution >= 0.6 is 0 Å². The van der Waals surface area contributed by atoms with Crippen molar-refractivity contribution in [3.05, 3.63) is 0 Å². The summed E-state index contributed by atoms with van der Waals surface area (Å²) in [6.07, 6.45) is 2.85. The lowest BCUT2D eigenvalue weighted by Gasteiger charge is -2.33. The Morgan fingerprint density at radius 2 is 1.64 bits per heavy atom. The fraction of sp³-hybridized carbons (Fsp3) is 1.00. The molecule has 0 spiro atoms. The first-order valence-electron chi connectivity index (χ1n) is 4.52. The third kappa shape index (κ3) is 1.76. The second kappa shape index (κ2) is 2.48. The average Bonchev–Trinajstić information content (AvgIpc) is 2.42. The molecule has 1 aliphatic carbocycles. The Bertz CT molecular complexity index is 137. The number of rotatable bonds is 2. The highest BCUT2D eigenvalue weighted by Crippen LogP contribution is 2.58. The van der Waals surface area contributed by atoms with E-state index in [0.29, 0.717) is 10.8 Å². The molecule has 1 saturated carbocycles. The van der Waals surface area contributed by atoms with Crippen molar-refractivity contribution in [3.63, 3.8) is 0 Å². The molecule has 0 heterocycles. The maximum Gasteiger partial charge on any atom is 0.00369 e. The van der Waals surface area contributed by atoms with Gasteiger partial charge in [-0.25, -0.2) is 0 Å². The van der Waals surface area contributed by atoms with Gasteiger partial charge >= 0.3 is 0 Å². The number of nitrogens with zero attached hydrogens (tertiary/aromatic N) is 1. The van der Waals surface area contributed by atoms with Crippen molar-refractivity contribution in [2.24, 2.45) is 10.8 Å². The van der Waals surface area contributed by atoms with Crippen LogP contribution in [0, 0.1) is 10.8 Å². The minimum Gasteiger partial charge on any atom is -0.309 e. The third-order valence-corrected chi connectivity index (χ3v) is 3.06. The Balaban J connectivity index is 2.54. The molecule has 66 valence electrons. The lowest BCUT2D eigenvalue weighted by Crippen LogP contribution is -2.32. The fourth-order valence-corrected chi connectivity index (χ4v) is 1.90. The monoisotopic (exact) mass is 155 g/mol. The van der Waals surface area contributed by atoms with Gasteiger partial charge in [0.25, 0.3) is 0 Å². The van der Waals surface area contributed by atoms with Crippen molar-refractivity contribution < 1.29 is 0 Å². The quantitative estimate of drug-likeness (QED) is 0.592. The van der Waals surface area contributed by atoms with E-state index in [0.717, 1.165) is 0 Å². The van der Waals surface area contributed by atoms with Crippen molar-refractivity contribution in [2.45, 2.75) is 33.6 Å². The minimum absolute atomic E-state index is 0.497. The SMILES string of the molecule is CN(C)CC1(C(C)(C)C)CC1. The van der Waals surface area contributed by atoms with Gasteiger partial charge in [0.05, 0.1) is 0 Å². The van der Waals surface area contributed by atoms with E-state index < -0.39 is 0 Å². The van der Waals surface area contributed by atoms with Crippen LogP contribution in [-0.2, 0) is 0 Å². The summed E-state index contributed by atoms with van der Waals surface area (Å²) in [7, 11) is 4.34. The van der Waals surface area contributed by atoms with Gasteiger partial charge in [0, 0.05) is 6.54 Å². The van der Waals surface area contributed by atoms with Crippen LogP contribution in [0.4, 0.5) is 0 Å². The molecule has 0 unspecified atom stereocenters. The van der Waals surface area contributed by atoms with Gasteiger partial charge in [0.15, 0.2) is 0 Å². The van der Waals surface area contributed by atoms with Gasteiger partial charge in [0.1, 0.15) is 0 Å². The summed E-state index contributed by atoms with van der Waals surface area (Å²) in [5, 5.41) is 0. The van der Waals surface area contributed by atoms with Crippen molar-refractivity contribution in [2.75, 3.05) is 20.6 Å². The maximum absolute atomic E-state index is 2.36. The maximum atomic E-state index is 2.36. The lowest BCUT2D eigenvalue weighted by molar-refractivity contribution is 0.160. The molecular formula is C10H21N. The highest BCUT2D eigenvalue weighted by molar-refractivity contribution is 5.02. The van der Waals surface area contributed by atoms with Crippen LogP contribution in [0.25, 0.3) is 0 Å². The largest absolute Gasteiger partial charge is 0.309 e. The highest BCUT2D eigenvalue weighted by Gasteiger charge is 2.51. The average molecular weight is 155 g/mol. The normalized spacial score (nSPS) is 22.4. The molecule has 0 amide bonds. The Morgan fingerprint density at radius 3 is 1.73 bits per heavy atom. The van der Waals surface area contributed by atoms with Crippen molar-refractivity contribution in [1.82, 2.24) is 4.90 Å². The molecule has 0 aromatic heterocycles. The zero-order valence-electron chi connectivity index (χ0n) is 8.57. The molecule has 11 heavy (non-hydrogen) atoms. The molecule has 0 atom stereocenters. The zero-order valence-corrected chi connectivity index (χ0v) is 8.57. The standard InChI is InChI=1S/C10H21N/c1-9(2,3)10(6-7-10)8-11(4)5/h6-8H2,1-5H3. The second-order valence-electron chi connectivity index (χ2n) is 5.27. The molecule has 1 aliphatic rings. The van der Waals surface area contributed by atoms with Crippen LogP contribution in [0.1, 0.15) is 33.6 Å². The van der Waals surface area contributed by atoms with E-state index in [1.807, 2.05) is 0 Å². The lowest BCUT2D eigenvalue weighted by atomic mass is 9.77. The van der Waals surface area contributed by atoms with Crippen molar-refractivity contribution in [3.8, 4) is 0 Å². The minimum atomic E-state index is 0.497. The Hall–Kier alpha value is -0.0400. The first-order valence-corrected chi connectivity index (χ1v) is 4.52. The van der Waals surface area contributed by atoms with E-state index in [1.165, 1.54) is 19.4 Å². The van der Waals surface area contributed by atoms with E-state index in [9.17, 15) is 0 Å². The summed E-state index contributed by atoms with van der Waals surface area (Å²) in [6.45, 7) is 8.35. The van der Waals surface area contributed by atoms with E-state index in [4.69, 9.17) is 0 Å². The number of hydrogen-bond donors (Lipinski definition) is 0. The summed E-state index contributed by atoms with van der Waals surface area (Å²) in [5.74, 6) is 0. The predicted octanol–water partition coefficient (Wildman–Crippen LogP) is 2.37. The fourth-order valence-electron chi connectivity index (χ4n) is 1.90. The van der Waals surface area contributed by atoms with Crippen LogP contribution in [-0.4, -0.2) is 25.5 Å². The van der Waals surface area contributed by atoms with Gasteiger partial charge in [-0.3, -0.25) is 0 Å². The third-order valence-electron chi connectivity index (χ3n) is 3.06. The molecule has 1 heteroatoms. The Morgan fingerprint density at radius 1 is 1.18 bits per heavy atom. The Labute approximate surface area is 70.8 Å². The first kappa shape index (κ1) is 9.05. The van der Waals surface area contributed by atoms with Gasteiger partial charge < -0.3 is 4.90 Å². The van der Waals surface area contributed by atoms with Crippen LogP contribution in [0.15, 0.2) is 0 Å². The second-order valence-corrected chi connectivity index (χ2v) is 5.27. The molecule has 0 aromatic rings. The number of hydrogen-bond acceptors (Lipinski definition) is 1. The highest BCUT2D eigenvalue weighted by atomic mass is 15.1. The van der Waals surface area contributed by atoms with E-state index >= 15 is 0 Å². The molecule has 0 bridgehead atoms. The molecule has 1 rings (SSSR count). The van der Waals surface area contributed by atoms with Crippen molar-refractivity contribution in [1.29, 1.82) is 0 Å². The Kier molecular flexibility index (Phi) is 2.04. The van der Waals surface area contributed by atoms with Crippen LogP contribution < -0.4 is 0 Å². The summed E-state index contributed by atoms with van der Waals surface area (Å²) in [5.41, 5.74) is 1.13. The summed E-state index contributed by atoms with van der Waals surface area (Å²) < 4.78 is 0. The van der Waals surface area contributed by atoms with E-state index in [1.54, 1.807) is 0 Å². The van der Waals surface area contributed by atoms with Crippen LogP contribution in [0.2, 0.25) is 0 Å². The van der Waals surface area contributed by atoms with Gasteiger partial charge in [-0.05, 0) is 37.8 Å². The smallest absolute Gasteiger partial charge is 0.00369 e. The molecular weight excluding hydrogens is 134 g/mol. The molecule has 0 N–H and O–H groups in total. The van der Waals surface area contributed by atoms with Crippen molar-refractivity contribution >= 4 is 0 Å².